The fourth-order valence-corrected chi connectivity index (χ4v) is 2.94. The number of hydrogen-bond acceptors (Lipinski definition) is 5. The molecule has 0 amide bonds. The third-order valence-electron chi connectivity index (χ3n) is 3.14. The zero-order valence-electron chi connectivity index (χ0n) is 12.6. The monoisotopic (exact) mass is 290 g/mol. The molecule has 0 saturated heterocycles. The number of hydrogen-bond donors (Lipinski definition) is 1. The summed E-state index contributed by atoms with van der Waals surface area (Å²) in [5.74, 6) is 0. The highest BCUT2D eigenvalue weighted by Gasteiger charge is 2.12. The molecule has 2 heterocycles. The van der Waals surface area contributed by atoms with E-state index in [1.807, 2.05) is 19.1 Å². The molecule has 2 aromatic rings. The molecule has 1 N–H and O–H groups in total. The van der Waals surface area contributed by atoms with E-state index in [1.165, 1.54) is 0 Å². The third kappa shape index (κ3) is 3.77. The Morgan fingerprint density at radius 1 is 1.35 bits per heavy atom. The molecule has 1 atom stereocenters. The molecule has 4 nitrogen and oxygen atoms in total. The number of thiazole rings is 1. The number of pyridine rings is 1. The molecule has 0 radical (unpaired) electrons. The highest BCUT2D eigenvalue weighted by molar-refractivity contribution is 7.13. The lowest BCUT2D eigenvalue weighted by Crippen LogP contribution is -2.19. The summed E-state index contributed by atoms with van der Waals surface area (Å²) in [6.45, 7) is 8.01. The van der Waals surface area contributed by atoms with E-state index in [2.05, 4.69) is 47.5 Å². The molecule has 0 aliphatic heterocycles. The maximum Gasteiger partial charge on any atom is 0.185 e. The number of aromatic nitrogens is 2. The minimum atomic E-state index is 0.301. The number of rotatable bonds is 6. The maximum absolute atomic E-state index is 4.70. The predicted molar refractivity (Wildman–Crippen MR) is 85.3 cm³/mol. The Morgan fingerprint density at radius 3 is 2.85 bits per heavy atom. The zero-order valence-corrected chi connectivity index (χ0v) is 13.4. The van der Waals surface area contributed by atoms with Crippen LogP contribution >= 0.6 is 11.3 Å². The van der Waals surface area contributed by atoms with Gasteiger partial charge in [0.1, 0.15) is 0 Å². The highest BCUT2D eigenvalue weighted by atomic mass is 32.1. The molecule has 108 valence electrons. The maximum atomic E-state index is 4.70. The van der Waals surface area contributed by atoms with E-state index in [9.17, 15) is 0 Å². The van der Waals surface area contributed by atoms with E-state index in [0.717, 1.165) is 35.3 Å². The Bertz CT molecular complexity index is 552. The van der Waals surface area contributed by atoms with Crippen LogP contribution in [0.5, 0.6) is 0 Å². The van der Waals surface area contributed by atoms with Gasteiger partial charge in [0.05, 0.1) is 17.9 Å². The second kappa shape index (κ2) is 6.81. The van der Waals surface area contributed by atoms with Gasteiger partial charge < -0.3 is 10.2 Å². The van der Waals surface area contributed by atoms with E-state index in [1.54, 1.807) is 11.3 Å². The Hall–Kier alpha value is -1.46. The van der Waals surface area contributed by atoms with Crippen LogP contribution in [-0.2, 0) is 6.54 Å². The first kappa shape index (κ1) is 14.9. The van der Waals surface area contributed by atoms with Crippen LogP contribution in [0.3, 0.4) is 0 Å². The molecule has 0 aliphatic carbocycles. The smallest absolute Gasteiger partial charge is 0.185 e. The summed E-state index contributed by atoms with van der Waals surface area (Å²) >= 11 is 1.68. The van der Waals surface area contributed by atoms with Crippen LogP contribution in [-0.4, -0.2) is 23.6 Å². The SMILES string of the molecule is CCNC(C)c1csc(N(C)Cc2cccc(C)n2)n1. The van der Waals surface area contributed by atoms with Crippen molar-refractivity contribution >= 4 is 16.5 Å². The second-order valence-electron chi connectivity index (χ2n) is 4.96. The van der Waals surface area contributed by atoms with Crippen LogP contribution in [0.1, 0.15) is 37.0 Å². The summed E-state index contributed by atoms with van der Waals surface area (Å²) < 4.78 is 0. The first-order valence-electron chi connectivity index (χ1n) is 6.92. The second-order valence-corrected chi connectivity index (χ2v) is 5.80. The minimum Gasteiger partial charge on any atom is -0.345 e. The summed E-state index contributed by atoms with van der Waals surface area (Å²) in [6, 6.07) is 6.42. The van der Waals surface area contributed by atoms with Crippen molar-refractivity contribution in [2.45, 2.75) is 33.4 Å². The predicted octanol–water partition coefficient (Wildman–Crippen LogP) is 3.15. The van der Waals surface area contributed by atoms with Crippen molar-refractivity contribution in [2.75, 3.05) is 18.5 Å². The Labute approximate surface area is 124 Å². The van der Waals surface area contributed by atoms with Crippen LogP contribution < -0.4 is 10.2 Å². The quantitative estimate of drug-likeness (QED) is 0.887. The molecule has 0 aliphatic rings. The normalized spacial score (nSPS) is 12.4. The molecule has 0 fully saturated rings. The van der Waals surface area contributed by atoms with E-state index >= 15 is 0 Å². The van der Waals surface area contributed by atoms with Crippen molar-refractivity contribution in [3.63, 3.8) is 0 Å². The first-order valence-corrected chi connectivity index (χ1v) is 7.80. The number of nitrogens with zero attached hydrogens (tertiary/aromatic N) is 3. The van der Waals surface area contributed by atoms with Crippen LogP contribution in [0, 0.1) is 6.92 Å². The Balaban J connectivity index is 2.04. The molecule has 0 spiro atoms. The Kier molecular flexibility index (Phi) is 5.09. The number of nitrogens with one attached hydrogen (secondary N) is 1. The van der Waals surface area contributed by atoms with E-state index in [4.69, 9.17) is 4.98 Å². The molecule has 5 heteroatoms. The lowest BCUT2D eigenvalue weighted by Gasteiger charge is -2.15. The third-order valence-corrected chi connectivity index (χ3v) is 4.11. The van der Waals surface area contributed by atoms with Crippen LogP contribution in [0.2, 0.25) is 0 Å². The molecule has 2 aromatic heterocycles. The van der Waals surface area contributed by atoms with Gasteiger partial charge in [0, 0.05) is 24.2 Å². The molecule has 2 rings (SSSR count). The van der Waals surface area contributed by atoms with Crippen LogP contribution in [0.15, 0.2) is 23.6 Å². The first-order chi connectivity index (χ1) is 9.60. The van der Waals surface area contributed by atoms with Gasteiger partial charge in [-0.3, -0.25) is 4.98 Å². The summed E-state index contributed by atoms with van der Waals surface area (Å²) in [5, 5.41) is 6.55. The number of anilines is 1. The molecule has 1 unspecified atom stereocenters. The molecular formula is C15H22N4S. The number of aryl methyl sites for hydroxylation is 1. The van der Waals surface area contributed by atoms with Gasteiger partial charge in [0.25, 0.3) is 0 Å². The summed E-state index contributed by atoms with van der Waals surface area (Å²) in [5.41, 5.74) is 3.23. The Morgan fingerprint density at radius 2 is 2.15 bits per heavy atom. The highest BCUT2D eigenvalue weighted by Crippen LogP contribution is 2.24. The summed E-state index contributed by atoms with van der Waals surface area (Å²) in [6.07, 6.45) is 0. The molecule has 0 saturated carbocycles. The molecule has 20 heavy (non-hydrogen) atoms. The van der Waals surface area contributed by atoms with Gasteiger partial charge in [-0.05, 0) is 32.5 Å². The minimum absolute atomic E-state index is 0.301. The van der Waals surface area contributed by atoms with Gasteiger partial charge in [-0.1, -0.05) is 13.0 Å². The van der Waals surface area contributed by atoms with Gasteiger partial charge in [-0.15, -0.1) is 11.3 Å². The standard InChI is InChI=1S/C15H22N4S/c1-5-16-12(3)14-10-20-15(18-14)19(4)9-13-8-6-7-11(2)17-13/h6-8,10,12,16H,5,9H2,1-4H3. The van der Waals surface area contributed by atoms with E-state index < -0.39 is 0 Å². The van der Waals surface area contributed by atoms with Crippen molar-refractivity contribution in [1.29, 1.82) is 0 Å². The zero-order chi connectivity index (χ0) is 14.5. The molecule has 0 bridgehead atoms. The van der Waals surface area contributed by atoms with Gasteiger partial charge in [-0.2, -0.15) is 0 Å². The largest absolute Gasteiger partial charge is 0.345 e. The lowest BCUT2D eigenvalue weighted by molar-refractivity contribution is 0.586. The molecule has 0 aromatic carbocycles. The van der Waals surface area contributed by atoms with Gasteiger partial charge in [0.2, 0.25) is 0 Å². The lowest BCUT2D eigenvalue weighted by atomic mass is 10.2. The summed E-state index contributed by atoms with van der Waals surface area (Å²) in [7, 11) is 2.06. The van der Waals surface area contributed by atoms with Gasteiger partial charge in [-0.25, -0.2) is 4.98 Å². The molecular weight excluding hydrogens is 268 g/mol. The van der Waals surface area contributed by atoms with Gasteiger partial charge in [0.15, 0.2) is 5.13 Å². The average Bonchev–Trinajstić information content (AvgIpc) is 2.88. The fourth-order valence-electron chi connectivity index (χ4n) is 2.06. The topological polar surface area (TPSA) is 41.0 Å². The van der Waals surface area contributed by atoms with Crippen molar-refractivity contribution in [1.82, 2.24) is 15.3 Å². The van der Waals surface area contributed by atoms with E-state index in [0.29, 0.717) is 6.04 Å². The van der Waals surface area contributed by atoms with Crippen molar-refractivity contribution in [3.05, 3.63) is 40.7 Å². The van der Waals surface area contributed by atoms with Crippen molar-refractivity contribution in [3.8, 4) is 0 Å². The fraction of sp³-hybridized carbons (Fsp3) is 0.467. The van der Waals surface area contributed by atoms with Crippen molar-refractivity contribution < 1.29 is 0 Å². The van der Waals surface area contributed by atoms with Crippen molar-refractivity contribution in [2.24, 2.45) is 0 Å². The summed E-state index contributed by atoms with van der Waals surface area (Å²) in [4.78, 5) is 11.4. The van der Waals surface area contributed by atoms with E-state index in [-0.39, 0.29) is 0 Å². The van der Waals surface area contributed by atoms with Crippen LogP contribution in [0.4, 0.5) is 5.13 Å². The van der Waals surface area contributed by atoms with Gasteiger partial charge >= 0.3 is 0 Å². The van der Waals surface area contributed by atoms with Crippen LogP contribution in [0.25, 0.3) is 0 Å². The average molecular weight is 290 g/mol.